The minimum Gasteiger partial charge on any atom is -0.399 e. The van der Waals surface area contributed by atoms with Crippen LogP contribution in [0, 0.1) is 17.2 Å². The maximum Gasteiger partial charge on any atom is 0.101 e. The summed E-state index contributed by atoms with van der Waals surface area (Å²) >= 11 is 0. The second-order valence-corrected chi connectivity index (χ2v) is 4.87. The minimum absolute atomic E-state index is 0.225. The van der Waals surface area contributed by atoms with Gasteiger partial charge in [-0.1, -0.05) is 6.92 Å². The summed E-state index contributed by atoms with van der Waals surface area (Å²) in [6.45, 7) is 4.00. The monoisotopic (exact) mass is 245 g/mol. The highest BCUT2D eigenvalue weighted by Crippen LogP contribution is 2.28. The zero-order chi connectivity index (χ0) is 13.1. The summed E-state index contributed by atoms with van der Waals surface area (Å²) in [6.07, 6.45) is 1.30. The molecular weight excluding hydrogens is 226 g/mol. The van der Waals surface area contributed by atoms with Crippen molar-refractivity contribution in [3.63, 3.8) is 0 Å². The number of nitrogens with zero attached hydrogens (tertiary/aromatic N) is 2. The molecule has 1 aromatic carbocycles. The summed E-state index contributed by atoms with van der Waals surface area (Å²) in [6, 6.07) is 7.72. The van der Waals surface area contributed by atoms with Crippen molar-refractivity contribution >= 4 is 11.4 Å². The van der Waals surface area contributed by atoms with E-state index in [-0.39, 0.29) is 6.10 Å². The highest BCUT2D eigenvalue weighted by Gasteiger charge is 2.27. The number of nitrogens with two attached hydrogens (primary N) is 1. The molecule has 0 saturated carbocycles. The Bertz CT molecular complexity index is 467. The smallest absolute Gasteiger partial charge is 0.101 e. The van der Waals surface area contributed by atoms with Crippen molar-refractivity contribution in [2.75, 3.05) is 30.8 Å². The average molecular weight is 245 g/mol. The second kappa shape index (κ2) is 5.28. The molecule has 2 atom stereocenters. The molecule has 18 heavy (non-hydrogen) atoms. The van der Waals surface area contributed by atoms with Crippen molar-refractivity contribution in [2.45, 2.75) is 19.4 Å². The van der Waals surface area contributed by atoms with E-state index in [1.807, 2.05) is 12.1 Å². The number of piperidine rings is 1. The lowest BCUT2D eigenvalue weighted by atomic mass is 9.95. The van der Waals surface area contributed by atoms with E-state index >= 15 is 0 Å². The van der Waals surface area contributed by atoms with Crippen LogP contribution in [0.4, 0.5) is 11.4 Å². The average Bonchev–Trinajstić information content (AvgIpc) is 2.39. The Kier molecular flexibility index (Phi) is 3.73. The van der Waals surface area contributed by atoms with Crippen LogP contribution in [0.15, 0.2) is 18.2 Å². The molecule has 1 saturated heterocycles. The van der Waals surface area contributed by atoms with Gasteiger partial charge in [-0.3, -0.25) is 0 Å². The lowest BCUT2D eigenvalue weighted by molar-refractivity contribution is 0.0498. The molecule has 1 aromatic rings. The molecule has 4 nitrogen and oxygen atoms in total. The van der Waals surface area contributed by atoms with E-state index in [1.54, 1.807) is 13.2 Å². The topological polar surface area (TPSA) is 62.3 Å². The summed E-state index contributed by atoms with van der Waals surface area (Å²) in [5, 5.41) is 9.19. The van der Waals surface area contributed by atoms with E-state index in [2.05, 4.69) is 17.9 Å². The van der Waals surface area contributed by atoms with Gasteiger partial charge in [0.2, 0.25) is 0 Å². The van der Waals surface area contributed by atoms with Crippen LogP contribution in [-0.4, -0.2) is 26.3 Å². The van der Waals surface area contributed by atoms with Gasteiger partial charge in [-0.05, 0) is 30.5 Å². The predicted octanol–water partition coefficient (Wildman–Crippen LogP) is 2.00. The van der Waals surface area contributed by atoms with Crippen LogP contribution in [-0.2, 0) is 4.74 Å². The van der Waals surface area contributed by atoms with Gasteiger partial charge < -0.3 is 15.4 Å². The molecule has 2 rings (SSSR count). The number of nitrogen functional groups attached to an aromatic ring is 1. The number of nitriles is 1. The standard InChI is InChI=1S/C14H19N3O/c1-10-5-6-17(9-14(10)18-2)13-4-3-12(16)7-11(13)8-15/h3-4,7,10,14H,5-6,9,16H2,1-2H3. The number of ether oxygens (including phenoxy) is 1. The Morgan fingerprint density at radius 2 is 2.28 bits per heavy atom. The number of anilines is 2. The molecule has 96 valence electrons. The Morgan fingerprint density at radius 3 is 2.94 bits per heavy atom. The van der Waals surface area contributed by atoms with Crippen molar-refractivity contribution in [1.82, 2.24) is 0 Å². The third kappa shape index (κ3) is 2.41. The van der Waals surface area contributed by atoms with Gasteiger partial charge in [-0.15, -0.1) is 0 Å². The molecule has 4 heteroatoms. The van der Waals surface area contributed by atoms with Crippen LogP contribution < -0.4 is 10.6 Å². The molecule has 0 spiro atoms. The summed E-state index contributed by atoms with van der Waals surface area (Å²) in [7, 11) is 1.75. The van der Waals surface area contributed by atoms with Gasteiger partial charge in [0.15, 0.2) is 0 Å². The van der Waals surface area contributed by atoms with Crippen molar-refractivity contribution in [1.29, 1.82) is 5.26 Å². The van der Waals surface area contributed by atoms with Crippen LogP contribution in [0.25, 0.3) is 0 Å². The van der Waals surface area contributed by atoms with Crippen LogP contribution in [0.3, 0.4) is 0 Å². The Hall–Kier alpha value is -1.73. The van der Waals surface area contributed by atoms with E-state index in [0.717, 1.165) is 25.2 Å². The molecule has 0 bridgehead atoms. The van der Waals surface area contributed by atoms with Gasteiger partial charge in [0.1, 0.15) is 6.07 Å². The molecule has 1 aliphatic heterocycles. The fraction of sp³-hybridized carbons (Fsp3) is 0.500. The third-order valence-electron chi connectivity index (χ3n) is 3.67. The quantitative estimate of drug-likeness (QED) is 0.809. The molecule has 2 N–H and O–H groups in total. The number of hydrogen-bond acceptors (Lipinski definition) is 4. The highest BCUT2D eigenvalue weighted by atomic mass is 16.5. The van der Waals surface area contributed by atoms with Crippen molar-refractivity contribution in [3.05, 3.63) is 23.8 Å². The first kappa shape index (κ1) is 12.7. The normalized spacial score (nSPS) is 23.7. The van der Waals surface area contributed by atoms with E-state index in [9.17, 15) is 5.26 Å². The van der Waals surface area contributed by atoms with Crippen LogP contribution in [0.1, 0.15) is 18.9 Å². The van der Waals surface area contributed by atoms with Crippen molar-refractivity contribution in [3.8, 4) is 6.07 Å². The number of methoxy groups -OCH3 is 1. The highest BCUT2D eigenvalue weighted by molar-refractivity contribution is 5.64. The van der Waals surface area contributed by atoms with Gasteiger partial charge in [0.05, 0.1) is 17.4 Å². The zero-order valence-electron chi connectivity index (χ0n) is 10.9. The molecule has 2 unspecified atom stereocenters. The van der Waals surface area contributed by atoms with Crippen LogP contribution in [0.2, 0.25) is 0 Å². The number of benzene rings is 1. The third-order valence-corrected chi connectivity index (χ3v) is 3.67. The zero-order valence-corrected chi connectivity index (χ0v) is 10.9. The molecule has 1 fully saturated rings. The van der Waals surface area contributed by atoms with Gasteiger partial charge in [-0.25, -0.2) is 0 Å². The van der Waals surface area contributed by atoms with Gasteiger partial charge in [0, 0.05) is 25.9 Å². The first-order valence-corrected chi connectivity index (χ1v) is 6.23. The lowest BCUT2D eigenvalue weighted by Gasteiger charge is -2.38. The van der Waals surface area contributed by atoms with Gasteiger partial charge >= 0.3 is 0 Å². The van der Waals surface area contributed by atoms with Gasteiger partial charge in [-0.2, -0.15) is 5.26 Å². The first-order valence-electron chi connectivity index (χ1n) is 6.23. The molecular formula is C14H19N3O. The first-order chi connectivity index (χ1) is 8.65. The van der Waals surface area contributed by atoms with E-state index in [4.69, 9.17) is 10.5 Å². The molecule has 0 radical (unpaired) electrons. The van der Waals surface area contributed by atoms with E-state index in [0.29, 0.717) is 17.2 Å². The molecule has 1 heterocycles. The lowest BCUT2D eigenvalue weighted by Crippen LogP contribution is -2.44. The Labute approximate surface area is 108 Å². The number of hydrogen-bond donors (Lipinski definition) is 1. The molecule has 0 amide bonds. The molecule has 0 aromatic heterocycles. The summed E-state index contributed by atoms with van der Waals surface area (Å²) in [5.41, 5.74) is 7.94. The molecule has 1 aliphatic rings. The maximum absolute atomic E-state index is 9.19. The summed E-state index contributed by atoms with van der Waals surface area (Å²) in [4.78, 5) is 2.21. The fourth-order valence-electron chi connectivity index (χ4n) is 2.48. The minimum atomic E-state index is 0.225. The predicted molar refractivity (Wildman–Crippen MR) is 72.4 cm³/mol. The van der Waals surface area contributed by atoms with Gasteiger partial charge in [0.25, 0.3) is 0 Å². The second-order valence-electron chi connectivity index (χ2n) is 4.87. The Morgan fingerprint density at radius 1 is 1.50 bits per heavy atom. The molecule has 0 aliphatic carbocycles. The fourth-order valence-corrected chi connectivity index (χ4v) is 2.48. The van der Waals surface area contributed by atoms with E-state index < -0.39 is 0 Å². The number of rotatable bonds is 2. The van der Waals surface area contributed by atoms with Crippen molar-refractivity contribution < 1.29 is 4.74 Å². The summed E-state index contributed by atoms with van der Waals surface area (Å²) < 4.78 is 5.50. The SMILES string of the molecule is COC1CN(c2ccc(N)cc2C#N)CCC1C. The Balaban J connectivity index is 2.25. The van der Waals surface area contributed by atoms with Crippen LogP contribution in [0.5, 0.6) is 0 Å². The largest absolute Gasteiger partial charge is 0.399 e. The van der Waals surface area contributed by atoms with Crippen LogP contribution >= 0.6 is 0 Å². The maximum atomic E-state index is 9.19. The van der Waals surface area contributed by atoms with E-state index in [1.165, 1.54) is 0 Å². The summed E-state index contributed by atoms with van der Waals surface area (Å²) in [5.74, 6) is 0.561. The van der Waals surface area contributed by atoms with Crippen molar-refractivity contribution in [2.24, 2.45) is 5.92 Å².